The van der Waals surface area contributed by atoms with E-state index in [0.29, 0.717) is 5.02 Å². The summed E-state index contributed by atoms with van der Waals surface area (Å²) in [5, 5.41) is 6.38. The van der Waals surface area contributed by atoms with Crippen molar-refractivity contribution in [2.75, 3.05) is 33.7 Å². The molecule has 2 N–H and O–H groups in total. The highest BCUT2D eigenvalue weighted by Crippen LogP contribution is 2.57. The zero-order valence-corrected chi connectivity index (χ0v) is 19.0. The number of halogens is 1. The van der Waals surface area contributed by atoms with Gasteiger partial charge in [-0.1, -0.05) is 32.4 Å². The molecule has 2 fully saturated rings. The van der Waals surface area contributed by atoms with Gasteiger partial charge >= 0.3 is 0 Å². The Morgan fingerprint density at radius 2 is 1.90 bits per heavy atom. The molecule has 7 nitrogen and oxygen atoms in total. The minimum absolute atomic E-state index is 0.0947. The van der Waals surface area contributed by atoms with Crippen molar-refractivity contribution in [2.24, 2.45) is 16.3 Å². The van der Waals surface area contributed by atoms with Crippen LogP contribution in [0.25, 0.3) is 0 Å². The van der Waals surface area contributed by atoms with Crippen molar-refractivity contribution in [1.82, 2.24) is 20.4 Å². The minimum atomic E-state index is -0.595. The summed E-state index contributed by atoms with van der Waals surface area (Å²) in [5.74, 6) is 0.406. The summed E-state index contributed by atoms with van der Waals surface area (Å²) < 4.78 is 0. The van der Waals surface area contributed by atoms with E-state index in [1.807, 2.05) is 45.0 Å². The maximum atomic E-state index is 13.3. The van der Waals surface area contributed by atoms with E-state index < -0.39 is 11.5 Å². The number of benzene rings is 1. The van der Waals surface area contributed by atoms with Gasteiger partial charge < -0.3 is 20.4 Å². The third-order valence-electron chi connectivity index (χ3n) is 6.55. The predicted octanol–water partition coefficient (Wildman–Crippen LogP) is 1.36. The van der Waals surface area contributed by atoms with E-state index in [-0.39, 0.29) is 29.3 Å². The molecule has 1 saturated carbocycles. The molecular weight excluding hydrogens is 402 g/mol. The van der Waals surface area contributed by atoms with Crippen LogP contribution >= 0.6 is 11.6 Å². The number of amidine groups is 1. The molecule has 0 bridgehead atoms. The Bertz CT molecular complexity index is 894. The van der Waals surface area contributed by atoms with Gasteiger partial charge in [0.05, 0.1) is 17.5 Å². The molecule has 1 aliphatic carbocycles. The highest BCUT2D eigenvalue weighted by molar-refractivity contribution is 6.30. The summed E-state index contributed by atoms with van der Waals surface area (Å²) in [6, 6.07) is 7.00. The van der Waals surface area contributed by atoms with E-state index in [0.717, 1.165) is 31.0 Å². The molecule has 0 aromatic heterocycles. The molecule has 2 aliphatic heterocycles. The van der Waals surface area contributed by atoms with Gasteiger partial charge in [0, 0.05) is 37.3 Å². The summed E-state index contributed by atoms with van der Waals surface area (Å²) in [6.07, 6.45) is 0. The molecule has 1 aromatic carbocycles. The van der Waals surface area contributed by atoms with Crippen molar-refractivity contribution in [1.29, 1.82) is 0 Å². The van der Waals surface area contributed by atoms with Crippen molar-refractivity contribution >= 4 is 29.3 Å². The van der Waals surface area contributed by atoms with Crippen LogP contribution < -0.4 is 10.6 Å². The predicted molar refractivity (Wildman–Crippen MR) is 118 cm³/mol. The molecule has 1 spiro atoms. The highest BCUT2D eigenvalue weighted by atomic mass is 35.5. The Labute approximate surface area is 182 Å². The molecular formula is C22H30ClN5O2. The first-order valence-electron chi connectivity index (χ1n) is 10.4. The van der Waals surface area contributed by atoms with E-state index >= 15 is 0 Å². The monoisotopic (exact) mass is 431 g/mol. The Balaban J connectivity index is 1.61. The van der Waals surface area contributed by atoms with Gasteiger partial charge in [-0.3, -0.25) is 14.6 Å². The number of likely N-dealkylation sites (N-methyl/N-ethyl adjacent to an activating group) is 2. The van der Waals surface area contributed by atoms with E-state index in [2.05, 4.69) is 27.5 Å². The number of rotatable bonds is 4. The second kappa shape index (κ2) is 7.24. The molecule has 3 unspecified atom stereocenters. The maximum Gasteiger partial charge on any atom is 0.242 e. The third kappa shape index (κ3) is 3.28. The van der Waals surface area contributed by atoms with E-state index in [9.17, 15) is 9.59 Å². The number of amides is 2. The Morgan fingerprint density at radius 3 is 2.50 bits per heavy atom. The molecule has 2 amide bonds. The fourth-order valence-electron chi connectivity index (χ4n) is 4.94. The first-order valence-corrected chi connectivity index (χ1v) is 10.8. The zero-order valence-electron chi connectivity index (χ0n) is 18.2. The van der Waals surface area contributed by atoms with Crippen LogP contribution in [0.15, 0.2) is 29.3 Å². The molecule has 1 saturated heterocycles. The van der Waals surface area contributed by atoms with Gasteiger partial charge in [-0.25, -0.2) is 0 Å². The number of carbonyl (C=O) groups is 2. The molecule has 0 radical (unpaired) electrons. The lowest BCUT2D eigenvalue weighted by atomic mass is 9.86. The van der Waals surface area contributed by atoms with Crippen LogP contribution in [0.1, 0.15) is 26.3 Å². The Morgan fingerprint density at radius 1 is 1.23 bits per heavy atom. The lowest BCUT2D eigenvalue weighted by molar-refractivity contribution is -0.132. The number of nitrogens with one attached hydrogen (secondary N) is 2. The van der Waals surface area contributed by atoms with E-state index in [1.165, 1.54) is 0 Å². The van der Waals surface area contributed by atoms with E-state index in [1.54, 1.807) is 7.05 Å². The van der Waals surface area contributed by atoms with Gasteiger partial charge in [-0.2, -0.15) is 0 Å². The summed E-state index contributed by atoms with van der Waals surface area (Å²) in [7, 11) is 3.68. The van der Waals surface area contributed by atoms with Crippen molar-refractivity contribution in [3.8, 4) is 0 Å². The third-order valence-corrected chi connectivity index (χ3v) is 6.80. The highest BCUT2D eigenvalue weighted by Gasteiger charge is 2.76. The van der Waals surface area contributed by atoms with Gasteiger partial charge in [0.1, 0.15) is 11.9 Å². The van der Waals surface area contributed by atoms with Gasteiger partial charge in [-0.05, 0) is 36.7 Å². The van der Waals surface area contributed by atoms with E-state index in [4.69, 9.17) is 16.6 Å². The number of nitrogens with zero attached hydrogens (tertiary/aromatic N) is 3. The molecule has 4 atom stereocenters. The Kier molecular flexibility index (Phi) is 5.10. The van der Waals surface area contributed by atoms with Crippen LogP contribution in [-0.2, 0) is 9.59 Å². The van der Waals surface area contributed by atoms with Crippen molar-refractivity contribution < 1.29 is 9.59 Å². The van der Waals surface area contributed by atoms with Crippen LogP contribution in [0.5, 0.6) is 0 Å². The van der Waals surface area contributed by atoms with Crippen LogP contribution in [0.4, 0.5) is 0 Å². The van der Waals surface area contributed by atoms with Crippen molar-refractivity contribution in [3.05, 3.63) is 34.9 Å². The van der Waals surface area contributed by atoms with Crippen molar-refractivity contribution in [3.63, 3.8) is 0 Å². The van der Waals surface area contributed by atoms with Crippen LogP contribution in [0.2, 0.25) is 5.02 Å². The van der Waals surface area contributed by atoms with Gasteiger partial charge in [-0.15, -0.1) is 0 Å². The quantitative estimate of drug-likeness (QED) is 0.754. The number of piperazine rings is 1. The molecule has 3 aliphatic rings. The smallest absolute Gasteiger partial charge is 0.242 e. The fraction of sp³-hybridized carbons (Fsp3) is 0.591. The largest absolute Gasteiger partial charge is 0.357 e. The zero-order chi connectivity index (χ0) is 21.8. The fourth-order valence-corrected chi connectivity index (χ4v) is 5.07. The Hall–Kier alpha value is -2.12. The maximum absolute atomic E-state index is 13.3. The SMILES string of the molecule is CNC(=O)[C@@H](NC(=O)C1C2N=C(c3ccc(Cl)cc3)N3CCN(C)CC213)C(C)(C)C. The second-order valence-electron chi connectivity index (χ2n) is 9.68. The topological polar surface area (TPSA) is 77.0 Å². The summed E-state index contributed by atoms with van der Waals surface area (Å²) in [6.45, 7) is 8.37. The molecule has 162 valence electrons. The summed E-state index contributed by atoms with van der Waals surface area (Å²) >= 11 is 6.05. The van der Waals surface area contributed by atoms with Crippen LogP contribution in [0, 0.1) is 11.3 Å². The number of carbonyl (C=O) groups excluding carboxylic acids is 2. The summed E-state index contributed by atoms with van der Waals surface area (Å²) in [5.41, 5.74) is 0.294. The molecule has 1 aromatic rings. The molecule has 2 heterocycles. The number of aliphatic imine (C=N–C) groups is 1. The second-order valence-corrected chi connectivity index (χ2v) is 10.1. The molecule has 8 heteroatoms. The molecule has 30 heavy (non-hydrogen) atoms. The number of hydrogen-bond acceptors (Lipinski definition) is 5. The standard InChI is InChI=1S/C22H30ClN5O2/c1-21(2,3)17(20(30)24-4)26-19(29)15-16-22(15)12-27(5)10-11-28(22)18(25-16)13-6-8-14(23)9-7-13/h6-9,15-17H,10-12H2,1-5H3,(H,24,30)(H,26,29)/t15?,16?,17-,22?/m1/s1. The van der Waals surface area contributed by atoms with Gasteiger partial charge in [0.25, 0.3) is 0 Å². The van der Waals surface area contributed by atoms with Gasteiger partial charge in [0.2, 0.25) is 11.8 Å². The first-order chi connectivity index (χ1) is 14.1. The number of hydrogen-bond donors (Lipinski definition) is 2. The average Bonchev–Trinajstić information content (AvgIpc) is 3.16. The average molecular weight is 432 g/mol. The van der Waals surface area contributed by atoms with Crippen molar-refractivity contribution in [2.45, 2.75) is 38.4 Å². The first kappa shape index (κ1) is 21.1. The minimum Gasteiger partial charge on any atom is -0.357 e. The normalized spacial score (nSPS) is 28.9. The van der Waals surface area contributed by atoms with Crippen LogP contribution in [-0.4, -0.2) is 78.8 Å². The molecule has 4 rings (SSSR count). The van der Waals surface area contributed by atoms with Crippen LogP contribution in [0.3, 0.4) is 0 Å². The van der Waals surface area contributed by atoms with Gasteiger partial charge in [0.15, 0.2) is 0 Å². The lowest BCUT2D eigenvalue weighted by Gasteiger charge is -2.41. The lowest BCUT2D eigenvalue weighted by Crippen LogP contribution is -2.58. The summed E-state index contributed by atoms with van der Waals surface area (Å²) in [4.78, 5) is 35.3.